The third kappa shape index (κ3) is 9.33. The molecule has 0 saturated heterocycles. The van der Waals surface area contributed by atoms with Crippen molar-refractivity contribution >= 4 is 41.0 Å². The molecule has 2 atom stereocenters. The fraction of sp³-hybridized carbons (Fsp3) is 0.417. The Labute approximate surface area is 291 Å². The van der Waals surface area contributed by atoms with Gasteiger partial charge in [0.1, 0.15) is 22.8 Å². The van der Waals surface area contributed by atoms with Crippen LogP contribution < -0.4 is 19.5 Å². The van der Waals surface area contributed by atoms with Gasteiger partial charge in [-0.05, 0) is 93.8 Å². The molecule has 1 amide bonds. The van der Waals surface area contributed by atoms with Crippen molar-refractivity contribution in [3.63, 3.8) is 0 Å². The summed E-state index contributed by atoms with van der Waals surface area (Å²) in [5, 5.41) is 12.8. The lowest BCUT2D eigenvalue weighted by atomic mass is 9.83. The Hall–Kier alpha value is -3.99. The number of aliphatic imine (C=N–C) groups is 1. The number of hydrogen-bond donors (Lipinski definition) is 2. The van der Waals surface area contributed by atoms with Gasteiger partial charge in [0.15, 0.2) is 11.6 Å². The highest BCUT2D eigenvalue weighted by Crippen LogP contribution is 2.46. The van der Waals surface area contributed by atoms with Gasteiger partial charge in [0.25, 0.3) is 5.91 Å². The van der Waals surface area contributed by atoms with E-state index in [1.807, 2.05) is 6.07 Å². The summed E-state index contributed by atoms with van der Waals surface area (Å²) in [7, 11) is 3.16. The Morgan fingerprint density at radius 1 is 1.00 bits per heavy atom. The molecule has 3 aromatic carbocycles. The van der Waals surface area contributed by atoms with Crippen molar-refractivity contribution in [2.24, 2.45) is 4.99 Å². The van der Waals surface area contributed by atoms with Gasteiger partial charge in [-0.3, -0.25) is 9.59 Å². The highest BCUT2D eigenvalue weighted by molar-refractivity contribution is 6.35. The van der Waals surface area contributed by atoms with Crippen molar-refractivity contribution in [1.29, 1.82) is 0 Å². The molecule has 1 aliphatic rings. The summed E-state index contributed by atoms with van der Waals surface area (Å²) in [5.41, 5.74) is -0.419. The first kappa shape index (κ1) is 36.8. The molecule has 0 aromatic heterocycles. The second-order valence-corrected chi connectivity index (χ2v) is 13.1. The number of esters is 1. The highest BCUT2D eigenvalue weighted by atomic mass is 35.5. The van der Waals surface area contributed by atoms with E-state index < -0.39 is 29.1 Å². The van der Waals surface area contributed by atoms with Gasteiger partial charge >= 0.3 is 5.97 Å². The Balaban J connectivity index is 1.72. The molecule has 0 saturated carbocycles. The van der Waals surface area contributed by atoms with Gasteiger partial charge in [-0.15, -0.1) is 0 Å². The predicted molar refractivity (Wildman–Crippen MR) is 185 cm³/mol. The fourth-order valence-electron chi connectivity index (χ4n) is 5.29. The summed E-state index contributed by atoms with van der Waals surface area (Å²) in [5.74, 6) is 1.18. The van der Waals surface area contributed by atoms with E-state index in [1.54, 1.807) is 89.6 Å². The summed E-state index contributed by atoms with van der Waals surface area (Å²) in [4.78, 5) is 32.4. The van der Waals surface area contributed by atoms with Crippen LogP contribution in [0, 0.1) is 0 Å². The maximum absolute atomic E-state index is 14.5. The molecule has 48 heavy (non-hydrogen) atoms. The molecule has 4 rings (SSSR count). The van der Waals surface area contributed by atoms with Crippen LogP contribution in [0.25, 0.3) is 0 Å². The first-order chi connectivity index (χ1) is 22.9. The molecule has 12 heteroatoms. The maximum atomic E-state index is 14.5. The SMILES string of the molecule is COc1ccc(OC)c(CCNC(=O)[C@]2(CCC(=O)OC(C)(C)C)N=C(c3ccc(OCCCO)cc3)O[C@@H]2c2ccc(Cl)cc2Cl)c1. The van der Waals surface area contributed by atoms with Crippen LogP contribution in [-0.2, 0) is 25.5 Å². The summed E-state index contributed by atoms with van der Waals surface area (Å²) in [6, 6.07) is 17.4. The Bertz CT molecular complexity index is 1610. The summed E-state index contributed by atoms with van der Waals surface area (Å²) in [6.07, 6.45) is -0.234. The van der Waals surface area contributed by atoms with Crippen LogP contribution in [-0.4, -0.2) is 68.0 Å². The molecule has 0 radical (unpaired) electrons. The fourth-order valence-corrected chi connectivity index (χ4v) is 5.80. The van der Waals surface area contributed by atoms with Crippen molar-refractivity contribution in [2.45, 2.75) is 63.7 Å². The van der Waals surface area contributed by atoms with Gasteiger partial charge < -0.3 is 34.1 Å². The van der Waals surface area contributed by atoms with Gasteiger partial charge in [0.2, 0.25) is 5.90 Å². The van der Waals surface area contributed by atoms with Crippen molar-refractivity contribution in [3.05, 3.63) is 87.4 Å². The number of benzene rings is 3. The molecule has 1 aliphatic heterocycles. The Morgan fingerprint density at radius 2 is 1.73 bits per heavy atom. The topological polar surface area (TPSA) is 125 Å². The molecule has 0 fully saturated rings. The minimum absolute atomic E-state index is 0.0257. The van der Waals surface area contributed by atoms with Crippen molar-refractivity contribution in [3.8, 4) is 17.2 Å². The average molecular weight is 702 g/mol. The van der Waals surface area contributed by atoms with E-state index >= 15 is 0 Å². The number of carbonyl (C=O) groups is 2. The number of ether oxygens (including phenoxy) is 5. The zero-order chi connectivity index (χ0) is 34.9. The molecule has 0 spiro atoms. The molecule has 2 N–H and O–H groups in total. The Kier molecular flexibility index (Phi) is 12.6. The van der Waals surface area contributed by atoms with Gasteiger partial charge in [0.05, 0.1) is 20.8 Å². The molecule has 0 aliphatic carbocycles. The molecular formula is C36H42Cl2N2O8. The lowest BCUT2D eigenvalue weighted by molar-refractivity contribution is -0.155. The molecule has 3 aromatic rings. The van der Waals surface area contributed by atoms with Crippen LogP contribution in [0.5, 0.6) is 17.2 Å². The second kappa shape index (κ2) is 16.4. The zero-order valence-corrected chi connectivity index (χ0v) is 29.3. The van der Waals surface area contributed by atoms with Gasteiger partial charge in [0, 0.05) is 47.2 Å². The number of nitrogens with zero attached hydrogens (tertiary/aromatic N) is 1. The zero-order valence-electron chi connectivity index (χ0n) is 27.8. The molecule has 0 unspecified atom stereocenters. The second-order valence-electron chi connectivity index (χ2n) is 12.2. The largest absolute Gasteiger partial charge is 0.497 e. The third-order valence-electron chi connectivity index (χ3n) is 7.57. The van der Waals surface area contributed by atoms with Gasteiger partial charge in [-0.2, -0.15) is 0 Å². The predicted octanol–water partition coefficient (Wildman–Crippen LogP) is 6.51. The molecule has 1 heterocycles. The lowest BCUT2D eigenvalue weighted by Crippen LogP contribution is -2.49. The maximum Gasteiger partial charge on any atom is 0.306 e. The van der Waals surface area contributed by atoms with Crippen LogP contribution >= 0.6 is 23.2 Å². The van der Waals surface area contributed by atoms with E-state index in [2.05, 4.69) is 5.32 Å². The van der Waals surface area contributed by atoms with Gasteiger partial charge in [-0.1, -0.05) is 29.3 Å². The summed E-state index contributed by atoms with van der Waals surface area (Å²) < 4.78 is 28.7. The van der Waals surface area contributed by atoms with Crippen molar-refractivity contribution < 1.29 is 38.4 Å². The molecule has 10 nitrogen and oxygen atoms in total. The number of carbonyl (C=O) groups excluding carboxylic acids is 2. The van der Waals surface area contributed by atoms with E-state index in [4.69, 9.17) is 57.0 Å². The minimum atomic E-state index is -1.61. The van der Waals surface area contributed by atoms with Gasteiger partial charge in [-0.25, -0.2) is 4.99 Å². The summed E-state index contributed by atoms with van der Waals surface area (Å²) >= 11 is 13.0. The number of aliphatic hydroxyl groups excluding tert-OH is 1. The van der Waals surface area contributed by atoms with Crippen molar-refractivity contribution in [2.75, 3.05) is 34.0 Å². The van der Waals surface area contributed by atoms with Crippen LogP contribution in [0.4, 0.5) is 0 Å². The Morgan fingerprint density at radius 3 is 2.38 bits per heavy atom. The third-order valence-corrected chi connectivity index (χ3v) is 8.14. The normalized spacial score (nSPS) is 17.2. The van der Waals surface area contributed by atoms with Crippen LogP contribution in [0.1, 0.15) is 62.8 Å². The van der Waals surface area contributed by atoms with E-state index in [1.165, 1.54) is 0 Å². The highest BCUT2D eigenvalue weighted by Gasteiger charge is 2.54. The quantitative estimate of drug-likeness (QED) is 0.136. The lowest BCUT2D eigenvalue weighted by Gasteiger charge is -2.31. The molecule has 0 bridgehead atoms. The summed E-state index contributed by atoms with van der Waals surface area (Å²) in [6.45, 7) is 5.95. The number of rotatable bonds is 15. The van der Waals surface area contributed by atoms with E-state index in [9.17, 15) is 9.59 Å². The monoisotopic (exact) mass is 700 g/mol. The number of aliphatic hydroxyl groups is 1. The van der Waals surface area contributed by atoms with E-state index in [0.29, 0.717) is 52.8 Å². The number of amides is 1. The first-order valence-corrected chi connectivity index (χ1v) is 16.4. The van der Waals surface area contributed by atoms with Crippen LogP contribution in [0.2, 0.25) is 10.0 Å². The number of nitrogens with one attached hydrogen (secondary N) is 1. The first-order valence-electron chi connectivity index (χ1n) is 15.7. The van der Waals surface area contributed by atoms with Crippen LogP contribution in [0.3, 0.4) is 0 Å². The standard InChI is InChI=1S/C36H42Cl2N2O8/c1-35(2,3)48-31(42)15-17-36(34(43)39-18-16-24-21-27(44-4)12-14-30(24)45-5)32(28-13-9-25(37)22-29(28)38)47-33(40-36)23-7-10-26(11-8-23)46-20-6-19-41/h7-14,21-22,32,41H,6,15-20H2,1-5H3,(H,39,43)/t32-,36-/m1/s1. The number of hydrogen-bond acceptors (Lipinski definition) is 9. The number of halogens is 2. The van der Waals surface area contributed by atoms with Crippen molar-refractivity contribution in [1.82, 2.24) is 5.32 Å². The van der Waals surface area contributed by atoms with E-state index in [0.717, 1.165) is 5.56 Å². The molecular weight excluding hydrogens is 659 g/mol. The van der Waals surface area contributed by atoms with E-state index in [-0.39, 0.29) is 36.9 Å². The molecule has 258 valence electrons. The minimum Gasteiger partial charge on any atom is -0.497 e. The average Bonchev–Trinajstić information content (AvgIpc) is 3.44. The smallest absolute Gasteiger partial charge is 0.306 e. The van der Waals surface area contributed by atoms with Crippen LogP contribution in [0.15, 0.2) is 65.7 Å². The number of methoxy groups -OCH3 is 2.